The Labute approximate surface area is 767 Å². The van der Waals surface area contributed by atoms with Crippen LogP contribution in [0.5, 0.6) is 0 Å². The summed E-state index contributed by atoms with van der Waals surface area (Å²) in [7, 11) is 0. The molecule has 0 unspecified atom stereocenters. The summed E-state index contributed by atoms with van der Waals surface area (Å²) in [6.07, 6.45) is 0. The van der Waals surface area contributed by atoms with Gasteiger partial charge in [0.05, 0.1) is 38.4 Å². The van der Waals surface area contributed by atoms with E-state index in [0.29, 0.717) is 79.1 Å². The summed E-state index contributed by atoms with van der Waals surface area (Å²) in [6.45, 7) is 0. The highest BCUT2D eigenvalue weighted by molar-refractivity contribution is 5.88. The van der Waals surface area contributed by atoms with Crippen LogP contribution in [0.4, 0.5) is 68.2 Å². The van der Waals surface area contributed by atoms with Crippen molar-refractivity contribution in [2.45, 2.75) is 0 Å². The number of benzene rings is 20. The lowest BCUT2D eigenvalue weighted by Crippen LogP contribution is -2.10. The topological polar surface area (TPSA) is 13.0 Å². The van der Waals surface area contributed by atoms with Crippen molar-refractivity contribution in [1.82, 2.24) is 0 Å². The summed E-state index contributed by atoms with van der Waals surface area (Å²) in [5.74, 6) is 0. The van der Waals surface area contributed by atoms with E-state index in [9.17, 15) is 11.0 Å². The molecule has 0 bridgehead atoms. The van der Waals surface area contributed by atoms with Crippen molar-refractivity contribution in [3.8, 4) is 111 Å². The lowest BCUT2D eigenvalue weighted by Gasteiger charge is -2.27. The molecular formula is C120H88N4. The summed E-state index contributed by atoms with van der Waals surface area (Å²) in [5, 5.41) is 0. The molecule has 0 N–H and O–H groups in total. The molecule has 4 heteroatoms. The number of nitrogens with zero attached hydrogens (tertiary/aromatic N) is 4. The molecule has 0 heterocycles. The second-order valence-corrected chi connectivity index (χ2v) is 28.7. The van der Waals surface area contributed by atoms with E-state index in [1.54, 1.807) is 107 Å². The minimum Gasteiger partial charge on any atom is -0.311 e. The van der Waals surface area contributed by atoms with Crippen molar-refractivity contribution in [3.63, 3.8) is 0 Å². The van der Waals surface area contributed by atoms with E-state index in [2.05, 4.69) is 0 Å². The van der Waals surface area contributed by atoms with Crippen LogP contribution in [0.15, 0.2) is 533 Å². The van der Waals surface area contributed by atoms with Crippen LogP contribution in [0.2, 0.25) is 0 Å². The van der Waals surface area contributed by atoms with Crippen LogP contribution in [0.1, 0.15) is 38.4 Å². The molecule has 20 aromatic rings. The first kappa shape index (κ1) is 51.8. The SMILES string of the molecule is [2H]c1c([2H])c(N(c2ccc(-c3ccccc3)cc2)c2ccc(-c3ccccc3)cc2)c([2H])c([2H])c1-c1c([2H])c([2H])c(N(c2ccc(-c3ccccc3)cc2)c2ccc(-c3ccccc3)cc2)c([2H])c1[2H].[2H]c1c([2H])c([2H])c(-c2ccc(N(c3ccc(-c4ccc(N(c5ccc(-c6c([2H])c([2H])c([2H])c([2H])c6[2H])cc5)c5ccc(-c6c([2H])c([2H])c([2H])c([2H])c6[2H])cc5)cc4)cc3)c3ccc(-c4c([2H])c([2H])c([2H])c([2H])c4[2H])cc3)cc2)c([2H])c1[2H]. The third-order valence-corrected chi connectivity index (χ3v) is 21.1. The Bertz CT molecular complexity index is 7580. The van der Waals surface area contributed by atoms with Crippen molar-refractivity contribution in [2.75, 3.05) is 19.6 Å². The van der Waals surface area contributed by atoms with Gasteiger partial charge in [0.2, 0.25) is 0 Å². The number of hydrogen-bond donors (Lipinski definition) is 0. The largest absolute Gasteiger partial charge is 0.311 e. The number of anilines is 12. The molecule has 20 aromatic carbocycles. The number of hydrogen-bond acceptors (Lipinski definition) is 4. The molecule has 124 heavy (non-hydrogen) atoms. The van der Waals surface area contributed by atoms with E-state index in [-0.39, 0.29) is 93.1 Å². The molecule has 0 aliphatic rings. The first-order valence-electron chi connectivity index (χ1n) is 54.0. The number of rotatable bonds is 22. The van der Waals surface area contributed by atoms with E-state index in [1.807, 2.05) is 277 Å². The lowest BCUT2D eigenvalue weighted by molar-refractivity contribution is 1.28. The standard InChI is InChI=1S/2C60H44N2/c2*1-5-13-45(14-6-1)49-21-33-55(34-22-49)61(56-35-23-50(24-36-56)46-15-7-2-8-16-46)59-41-29-53(30-42-59)54-31-43-60(44-32-54)62(57-37-25-51(26-38-57)47-17-9-3-10-18-47)58-39-27-52(28-40-58)48-19-11-4-12-20-48/h2*1-44H/i1D,2D,3D,4D,5D,6D,7D,8D,9D,10D,11D,12D,13D,14D,15D,16D,17D,18D,19D,20D;29D,30D,31D,32D,41D,42D,43D,44D. The Kier molecular flexibility index (Phi) is 15.4. The smallest absolute Gasteiger partial charge is 0.0645 e. The fourth-order valence-corrected chi connectivity index (χ4v) is 14.8. The molecule has 0 aromatic heterocycles. The Morgan fingerprint density at radius 2 is 0.218 bits per heavy atom. The van der Waals surface area contributed by atoms with E-state index in [1.165, 1.54) is 0 Å². The van der Waals surface area contributed by atoms with Crippen LogP contribution in [-0.2, 0) is 0 Å². The maximum Gasteiger partial charge on any atom is 0.0645 e. The molecule has 0 radical (unpaired) electrons. The van der Waals surface area contributed by atoms with Crippen LogP contribution in [0.3, 0.4) is 0 Å². The second kappa shape index (κ2) is 36.9. The molecule has 0 spiro atoms. The third kappa shape index (κ3) is 17.7. The molecule has 0 amide bonds. The second-order valence-electron chi connectivity index (χ2n) is 28.7. The molecule has 0 saturated heterocycles. The van der Waals surface area contributed by atoms with Gasteiger partial charge in [0, 0.05) is 68.2 Å². The van der Waals surface area contributed by atoms with Crippen molar-refractivity contribution < 1.29 is 38.4 Å². The Hall–Kier alpha value is -16.4. The molecule has 0 aliphatic heterocycles. The normalized spacial score (nSPS) is 14.1. The monoisotopic (exact) mass is 1610 g/mol. The van der Waals surface area contributed by atoms with Gasteiger partial charge in [-0.15, -0.1) is 0 Å². The van der Waals surface area contributed by atoms with Gasteiger partial charge in [0.1, 0.15) is 0 Å². The third-order valence-electron chi connectivity index (χ3n) is 21.1. The zero-order valence-corrected chi connectivity index (χ0v) is 66.4. The zero-order valence-electron chi connectivity index (χ0n) is 94.4. The van der Waals surface area contributed by atoms with Gasteiger partial charge in [-0.05, 0) is 257 Å². The molecule has 20 rings (SSSR count). The van der Waals surface area contributed by atoms with Gasteiger partial charge >= 0.3 is 0 Å². The van der Waals surface area contributed by atoms with Crippen LogP contribution < -0.4 is 19.6 Å². The molecule has 4 nitrogen and oxygen atoms in total. The predicted molar refractivity (Wildman–Crippen MR) is 526 cm³/mol. The minimum absolute atomic E-state index is 0.0328. The fourth-order valence-electron chi connectivity index (χ4n) is 14.8. The fraction of sp³-hybridized carbons (Fsp3) is 0. The highest BCUT2D eigenvalue weighted by Gasteiger charge is 2.21. The quantitative estimate of drug-likeness (QED) is 0.0670. The molecule has 0 fully saturated rings. The maximum atomic E-state index is 9.59. The van der Waals surface area contributed by atoms with E-state index < -0.39 is 121 Å². The first-order valence-corrected chi connectivity index (χ1v) is 40.0. The summed E-state index contributed by atoms with van der Waals surface area (Å²) < 4.78 is 243. The first-order chi connectivity index (χ1) is 73.1. The van der Waals surface area contributed by atoms with Crippen LogP contribution >= 0.6 is 0 Å². The van der Waals surface area contributed by atoms with Crippen LogP contribution in [-0.4, -0.2) is 0 Å². The Balaban J connectivity index is 0.000000192. The lowest BCUT2D eigenvalue weighted by atomic mass is 10.0. The van der Waals surface area contributed by atoms with Crippen LogP contribution in [0, 0.1) is 0 Å². The van der Waals surface area contributed by atoms with Crippen molar-refractivity contribution in [3.05, 3.63) is 533 Å². The van der Waals surface area contributed by atoms with E-state index in [4.69, 9.17) is 27.4 Å². The summed E-state index contributed by atoms with van der Waals surface area (Å²) in [4.78, 5) is 7.20. The average Bonchev–Trinajstić information content (AvgIpc) is 0.724. The van der Waals surface area contributed by atoms with Gasteiger partial charge in [-0.25, -0.2) is 0 Å². The molecule has 0 saturated carbocycles. The van der Waals surface area contributed by atoms with Crippen LogP contribution in [0.25, 0.3) is 111 Å². The zero-order chi connectivity index (χ0) is 107. The Morgan fingerprint density at radius 1 is 0.0968 bits per heavy atom. The van der Waals surface area contributed by atoms with E-state index in [0.717, 1.165) is 55.6 Å². The molecular weight excluding hydrogens is 1500 g/mol. The van der Waals surface area contributed by atoms with Gasteiger partial charge in [-0.2, -0.15) is 0 Å². The van der Waals surface area contributed by atoms with Crippen molar-refractivity contribution in [2.24, 2.45) is 0 Å². The summed E-state index contributed by atoms with van der Waals surface area (Å²) >= 11 is 0. The summed E-state index contributed by atoms with van der Waals surface area (Å²) in [6, 6.07) is 101. The highest BCUT2D eigenvalue weighted by atomic mass is 15.2. The molecule has 588 valence electrons. The predicted octanol–water partition coefficient (Wildman–Crippen LogP) is 33.9. The van der Waals surface area contributed by atoms with Gasteiger partial charge in [0.15, 0.2) is 0 Å². The van der Waals surface area contributed by atoms with Crippen molar-refractivity contribution >= 4 is 68.2 Å². The summed E-state index contributed by atoms with van der Waals surface area (Å²) in [5.41, 5.74) is 16.7. The maximum absolute atomic E-state index is 9.59. The van der Waals surface area contributed by atoms with Crippen molar-refractivity contribution in [1.29, 1.82) is 0 Å². The van der Waals surface area contributed by atoms with Gasteiger partial charge in [-0.1, -0.05) is 388 Å². The van der Waals surface area contributed by atoms with Gasteiger partial charge in [0.25, 0.3) is 0 Å². The molecule has 0 atom stereocenters. The Morgan fingerprint density at radius 3 is 0.371 bits per heavy atom. The average molecular weight is 1610 g/mol. The minimum atomic E-state index is -0.503. The van der Waals surface area contributed by atoms with E-state index >= 15 is 0 Å². The van der Waals surface area contributed by atoms with Gasteiger partial charge in [-0.3, -0.25) is 0 Å². The van der Waals surface area contributed by atoms with Gasteiger partial charge < -0.3 is 19.6 Å². The highest BCUT2D eigenvalue weighted by Crippen LogP contribution is 2.45. The molecule has 0 aliphatic carbocycles.